The molecule has 0 radical (unpaired) electrons. The molecule has 2 aliphatic rings. The molecule has 3 heteroatoms. The molecule has 10 aromatic rings. The summed E-state index contributed by atoms with van der Waals surface area (Å²) in [5.41, 5.74) is 14.6. The van der Waals surface area contributed by atoms with Crippen LogP contribution in [0.5, 0.6) is 0 Å². The Balaban J connectivity index is 1.13. The Bertz CT molecular complexity index is 3240. The van der Waals surface area contributed by atoms with Crippen molar-refractivity contribution < 1.29 is 4.42 Å². The number of furan rings is 1. The van der Waals surface area contributed by atoms with Gasteiger partial charge in [-0.25, -0.2) is 0 Å². The van der Waals surface area contributed by atoms with Crippen molar-refractivity contribution in [3.63, 3.8) is 0 Å². The Morgan fingerprint density at radius 3 is 1.90 bits per heavy atom. The summed E-state index contributed by atoms with van der Waals surface area (Å²) in [6.07, 6.45) is 9.89. The molecular formula is C55H38N2O. The van der Waals surface area contributed by atoms with Crippen LogP contribution in [0, 0.1) is 0 Å². The first-order valence-electron chi connectivity index (χ1n) is 20.2. The lowest BCUT2D eigenvalue weighted by molar-refractivity contribution is 0.648. The number of hydrogen-bond acceptors (Lipinski definition) is 2. The largest absolute Gasteiger partial charge is 0.456 e. The molecule has 2 aromatic heterocycles. The van der Waals surface area contributed by atoms with Crippen LogP contribution in [0.4, 0.5) is 17.1 Å². The topological polar surface area (TPSA) is 21.3 Å². The number of allylic oxidation sites excluding steroid dienone is 4. The van der Waals surface area contributed by atoms with Crippen LogP contribution in [0.3, 0.4) is 0 Å². The Kier molecular flexibility index (Phi) is 7.27. The van der Waals surface area contributed by atoms with E-state index in [0.29, 0.717) is 0 Å². The van der Waals surface area contributed by atoms with Crippen molar-refractivity contribution in [2.75, 3.05) is 4.90 Å². The Labute approximate surface area is 337 Å². The molecule has 0 saturated carbocycles. The van der Waals surface area contributed by atoms with Crippen LogP contribution in [0.15, 0.2) is 217 Å². The van der Waals surface area contributed by atoms with E-state index in [4.69, 9.17) is 4.42 Å². The third kappa shape index (κ3) is 4.74. The number of fused-ring (bicyclic) bond motifs is 9. The predicted molar refractivity (Wildman–Crippen MR) is 241 cm³/mol. The Morgan fingerprint density at radius 1 is 0.466 bits per heavy atom. The second kappa shape index (κ2) is 12.8. The maximum Gasteiger partial charge on any atom is 0.137 e. The van der Waals surface area contributed by atoms with E-state index in [-0.39, 0.29) is 6.04 Å². The van der Waals surface area contributed by atoms with Gasteiger partial charge in [-0.3, -0.25) is 0 Å². The lowest BCUT2D eigenvalue weighted by atomic mass is 9.67. The molecular weight excluding hydrogens is 705 g/mol. The van der Waals surface area contributed by atoms with Crippen molar-refractivity contribution in [3.05, 3.63) is 235 Å². The van der Waals surface area contributed by atoms with E-state index < -0.39 is 5.41 Å². The normalized spacial score (nSPS) is 15.3. The molecule has 8 aromatic carbocycles. The first kappa shape index (κ1) is 32.8. The first-order chi connectivity index (χ1) is 28.8. The van der Waals surface area contributed by atoms with E-state index in [0.717, 1.165) is 45.4 Å². The molecule has 0 bridgehead atoms. The molecule has 0 saturated heterocycles. The molecule has 0 fully saturated rings. The average molecular weight is 743 g/mol. The molecule has 2 aliphatic carbocycles. The summed E-state index contributed by atoms with van der Waals surface area (Å²) in [5.74, 6) is 0. The van der Waals surface area contributed by atoms with Crippen molar-refractivity contribution in [2.24, 2.45) is 0 Å². The van der Waals surface area contributed by atoms with Gasteiger partial charge in [-0.05, 0) is 94.4 Å². The first-order valence-corrected chi connectivity index (χ1v) is 20.2. The molecule has 12 rings (SSSR count). The quantitative estimate of drug-likeness (QED) is 0.169. The van der Waals surface area contributed by atoms with Crippen molar-refractivity contribution >= 4 is 60.8 Å². The van der Waals surface area contributed by atoms with E-state index in [9.17, 15) is 0 Å². The van der Waals surface area contributed by atoms with Crippen LogP contribution in [-0.2, 0) is 5.41 Å². The highest BCUT2D eigenvalue weighted by Crippen LogP contribution is 2.57. The van der Waals surface area contributed by atoms with E-state index in [1.807, 2.05) is 6.07 Å². The van der Waals surface area contributed by atoms with Crippen LogP contribution in [0.2, 0.25) is 0 Å². The Morgan fingerprint density at radius 2 is 1.09 bits per heavy atom. The lowest BCUT2D eigenvalue weighted by Crippen LogP contribution is -2.28. The number of hydrogen-bond donors (Lipinski definition) is 0. The third-order valence-corrected chi connectivity index (χ3v) is 12.6. The molecule has 0 amide bonds. The molecule has 2 heterocycles. The average Bonchev–Trinajstić information content (AvgIpc) is 3.93. The van der Waals surface area contributed by atoms with Gasteiger partial charge in [0.2, 0.25) is 0 Å². The molecule has 1 atom stereocenters. The van der Waals surface area contributed by atoms with Crippen molar-refractivity contribution in [2.45, 2.75) is 17.9 Å². The summed E-state index contributed by atoms with van der Waals surface area (Å²) >= 11 is 0. The summed E-state index contributed by atoms with van der Waals surface area (Å²) in [5, 5.41) is 4.74. The molecule has 0 aliphatic heterocycles. The highest BCUT2D eigenvalue weighted by Gasteiger charge is 2.46. The van der Waals surface area contributed by atoms with Crippen LogP contribution in [0.25, 0.3) is 54.9 Å². The number of rotatable bonds is 6. The van der Waals surface area contributed by atoms with Gasteiger partial charge in [0.05, 0.1) is 11.5 Å². The molecule has 0 N–H and O–H groups in total. The van der Waals surface area contributed by atoms with Gasteiger partial charge < -0.3 is 13.9 Å². The highest BCUT2D eigenvalue weighted by molar-refractivity contribution is 6.10. The predicted octanol–water partition coefficient (Wildman–Crippen LogP) is 14.6. The molecule has 1 unspecified atom stereocenters. The van der Waals surface area contributed by atoms with Crippen LogP contribution >= 0.6 is 0 Å². The number of anilines is 3. The lowest BCUT2D eigenvalue weighted by Gasteiger charge is -2.35. The van der Waals surface area contributed by atoms with Gasteiger partial charge >= 0.3 is 0 Å². The number of para-hydroxylation sites is 2. The summed E-state index contributed by atoms with van der Waals surface area (Å²) in [6, 6.07) is 69.3. The second-order valence-electron chi connectivity index (χ2n) is 15.6. The number of benzene rings is 8. The zero-order valence-corrected chi connectivity index (χ0v) is 31.8. The van der Waals surface area contributed by atoms with E-state index >= 15 is 0 Å². The van der Waals surface area contributed by atoms with Gasteiger partial charge in [0.15, 0.2) is 0 Å². The fourth-order valence-electron chi connectivity index (χ4n) is 10.1. The van der Waals surface area contributed by atoms with Gasteiger partial charge in [0, 0.05) is 55.7 Å². The highest BCUT2D eigenvalue weighted by atomic mass is 16.3. The minimum absolute atomic E-state index is 0.257. The van der Waals surface area contributed by atoms with Gasteiger partial charge in [0.25, 0.3) is 0 Å². The number of nitrogens with zero attached hydrogens (tertiary/aromatic N) is 2. The fourth-order valence-corrected chi connectivity index (χ4v) is 10.1. The summed E-state index contributed by atoms with van der Waals surface area (Å²) in [7, 11) is 0. The minimum atomic E-state index is -0.516. The zero-order chi connectivity index (χ0) is 38.2. The molecule has 58 heavy (non-hydrogen) atoms. The second-order valence-corrected chi connectivity index (χ2v) is 15.6. The van der Waals surface area contributed by atoms with Gasteiger partial charge in [-0.15, -0.1) is 0 Å². The maximum absolute atomic E-state index is 6.54. The van der Waals surface area contributed by atoms with Gasteiger partial charge in [0.1, 0.15) is 11.2 Å². The fraction of sp³-hybridized carbons (Fsp3) is 0.0545. The van der Waals surface area contributed by atoms with Gasteiger partial charge in [-0.1, -0.05) is 152 Å². The van der Waals surface area contributed by atoms with Crippen LogP contribution in [0.1, 0.15) is 34.7 Å². The Hall–Kier alpha value is -7.36. The van der Waals surface area contributed by atoms with Crippen molar-refractivity contribution in [3.8, 4) is 11.1 Å². The molecule has 274 valence electrons. The summed E-state index contributed by atoms with van der Waals surface area (Å²) < 4.78 is 9.05. The number of aromatic nitrogens is 1. The standard InChI is InChI=1S/C55H38N2O/c1-4-16-37(17-5-1)55(38-18-6-2-7-19-38)49-25-13-10-22-43(49)44-31-28-41(35-50(44)55)56(42-29-32-47-46-24-12-15-27-53(46)58-54(47)36-42)40-30-33-52-48(34-40)45-23-11-14-26-51(45)57(52)39-20-8-3-9-21-39/h1-20,22-36,39H,21H2. The molecule has 3 nitrogen and oxygen atoms in total. The monoisotopic (exact) mass is 742 g/mol. The van der Waals surface area contributed by atoms with E-state index in [1.165, 1.54) is 55.2 Å². The maximum atomic E-state index is 6.54. The SMILES string of the molecule is C1=CCC(n2c3ccccc3c3cc(N(c4ccc5c(c4)C(c4ccccc4)(c4ccccc4)c4ccccc4-5)c4ccc5c(c4)oc4ccccc45)ccc32)C=C1. The van der Waals surface area contributed by atoms with Crippen LogP contribution < -0.4 is 4.90 Å². The molecule has 0 spiro atoms. The minimum Gasteiger partial charge on any atom is -0.456 e. The zero-order valence-electron chi connectivity index (χ0n) is 31.8. The van der Waals surface area contributed by atoms with E-state index in [2.05, 4.69) is 216 Å². The third-order valence-electron chi connectivity index (χ3n) is 12.6. The van der Waals surface area contributed by atoms with Crippen molar-refractivity contribution in [1.82, 2.24) is 4.57 Å². The van der Waals surface area contributed by atoms with Gasteiger partial charge in [-0.2, -0.15) is 0 Å². The van der Waals surface area contributed by atoms with E-state index in [1.54, 1.807) is 0 Å². The smallest absolute Gasteiger partial charge is 0.137 e. The van der Waals surface area contributed by atoms with Crippen molar-refractivity contribution in [1.29, 1.82) is 0 Å². The summed E-state index contributed by atoms with van der Waals surface area (Å²) in [6.45, 7) is 0. The summed E-state index contributed by atoms with van der Waals surface area (Å²) in [4.78, 5) is 2.42. The van der Waals surface area contributed by atoms with Crippen LogP contribution in [-0.4, -0.2) is 4.57 Å².